The van der Waals surface area contributed by atoms with Crippen molar-refractivity contribution in [2.24, 2.45) is 0 Å². The Hall–Kier alpha value is -3.15. The molecule has 26 heavy (non-hydrogen) atoms. The van der Waals surface area contributed by atoms with Crippen LogP contribution in [0.25, 0.3) is 0 Å². The molecule has 2 rings (SSSR count). The van der Waals surface area contributed by atoms with E-state index >= 15 is 0 Å². The van der Waals surface area contributed by atoms with Crippen molar-refractivity contribution in [1.82, 2.24) is 5.32 Å². The number of anilines is 1. The number of carbonyl (C=O) groups excluding carboxylic acids is 2. The van der Waals surface area contributed by atoms with Crippen LogP contribution >= 0.6 is 0 Å². The van der Waals surface area contributed by atoms with Crippen molar-refractivity contribution < 1.29 is 19.5 Å². The predicted octanol–water partition coefficient (Wildman–Crippen LogP) is 2.63. The maximum Gasteiger partial charge on any atom is 0.303 e. The molecule has 0 spiro atoms. The molecule has 2 aromatic rings. The summed E-state index contributed by atoms with van der Waals surface area (Å²) < 4.78 is 0. The van der Waals surface area contributed by atoms with Crippen molar-refractivity contribution in [3.8, 4) is 0 Å². The first-order valence-corrected chi connectivity index (χ1v) is 8.39. The summed E-state index contributed by atoms with van der Waals surface area (Å²) >= 11 is 0. The lowest BCUT2D eigenvalue weighted by Crippen LogP contribution is -2.18. The van der Waals surface area contributed by atoms with Gasteiger partial charge in [0.15, 0.2) is 0 Å². The standard InChI is InChI=1S/C20H22N2O4/c1-21-20(26)16-6-2-4-14(12-16)8-10-18(23)22-17-7-3-5-15(13-17)9-11-19(24)25/h2-7,12-13H,8-11H2,1H3,(H,21,26)(H,22,23)(H,24,25). The smallest absolute Gasteiger partial charge is 0.303 e. The highest BCUT2D eigenvalue weighted by molar-refractivity contribution is 5.94. The first-order valence-electron chi connectivity index (χ1n) is 8.39. The molecule has 0 radical (unpaired) electrons. The minimum absolute atomic E-state index is 0.0546. The Morgan fingerprint density at radius 2 is 1.58 bits per heavy atom. The second-order valence-corrected chi connectivity index (χ2v) is 5.92. The zero-order valence-corrected chi connectivity index (χ0v) is 14.6. The normalized spacial score (nSPS) is 10.2. The lowest BCUT2D eigenvalue weighted by atomic mass is 10.1. The molecule has 6 heteroatoms. The fraction of sp³-hybridized carbons (Fsp3) is 0.250. The Labute approximate surface area is 152 Å². The molecular formula is C20H22N2O4. The summed E-state index contributed by atoms with van der Waals surface area (Å²) in [5, 5.41) is 14.1. The van der Waals surface area contributed by atoms with Crippen molar-refractivity contribution in [2.45, 2.75) is 25.7 Å². The highest BCUT2D eigenvalue weighted by atomic mass is 16.4. The van der Waals surface area contributed by atoms with Gasteiger partial charge in [-0.2, -0.15) is 0 Å². The molecule has 0 unspecified atom stereocenters. The summed E-state index contributed by atoms with van der Waals surface area (Å²) in [6.45, 7) is 0. The number of hydrogen-bond donors (Lipinski definition) is 3. The maximum absolute atomic E-state index is 12.2. The van der Waals surface area contributed by atoms with E-state index < -0.39 is 5.97 Å². The number of amides is 2. The summed E-state index contributed by atoms with van der Waals surface area (Å²) in [5.74, 6) is -1.14. The highest BCUT2D eigenvalue weighted by Gasteiger charge is 2.07. The van der Waals surface area contributed by atoms with Crippen molar-refractivity contribution in [3.05, 3.63) is 65.2 Å². The van der Waals surface area contributed by atoms with Gasteiger partial charge in [0.1, 0.15) is 0 Å². The average Bonchev–Trinajstić information content (AvgIpc) is 2.64. The van der Waals surface area contributed by atoms with Gasteiger partial charge in [-0.1, -0.05) is 24.3 Å². The molecule has 0 bridgehead atoms. The molecule has 136 valence electrons. The van der Waals surface area contributed by atoms with Crippen LogP contribution in [0.3, 0.4) is 0 Å². The first kappa shape index (κ1) is 19.2. The van der Waals surface area contributed by atoms with Crippen LogP contribution in [0.2, 0.25) is 0 Å². The SMILES string of the molecule is CNC(=O)c1cccc(CCC(=O)Nc2cccc(CCC(=O)O)c2)c1. The Balaban J connectivity index is 1.90. The van der Waals surface area contributed by atoms with Crippen molar-refractivity contribution in [2.75, 3.05) is 12.4 Å². The van der Waals surface area contributed by atoms with Crippen LogP contribution < -0.4 is 10.6 Å². The van der Waals surface area contributed by atoms with Crippen molar-refractivity contribution in [3.63, 3.8) is 0 Å². The van der Waals surface area contributed by atoms with Gasteiger partial charge in [0.25, 0.3) is 5.91 Å². The van der Waals surface area contributed by atoms with Crippen LogP contribution in [0.15, 0.2) is 48.5 Å². The molecule has 0 aliphatic carbocycles. The van der Waals surface area contributed by atoms with Crippen LogP contribution in [0.1, 0.15) is 34.3 Å². The summed E-state index contributed by atoms with van der Waals surface area (Å²) in [4.78, 5) is 34.4. The Morgan fingerprint density at radius 1 is 0.923 bits per heavy atom. The summed E-state index contributed by atoms with van der Waals surface area (Å²) in [6.07, 6.45) is 1.29. The number of aryl methyl sites for hydroxylation is 2. The third-order valence-corrected chi connectivity index (χ3v) is 3.90. The van der Waals surface area contributed by atoms with Crippen molar-refractivity contribution in [1.29, 1.82) is 0 Å². The van der Waals surface area contributed by atoms with Crippen LogP contribution in [-0.2, 0) is 22.4 Å². The average molecular weight is 354 g/mol. The molecule has 0 saturated carbocycles. The second kappa shape index (κ2) is 9.36. The number of aliphatic carboxylic acids is 1. The largest absolute Gasteiger partial charge is 0.481 e. The van der Waals surface area contributed by atoms with Gasteiger partial charge in [0.05, 0.1) is 0 Å². The fourth-order valence-electron chi connectivity index (χ4n) is 2.55. The molecule has 2 amide bonds. The second-order valence-electron chi connectivity index (χ2n) is 5.92. The van der Waals surface area contributed by atoms with Gasteiger partial charge in [-0.3, -0.25) is 14.4 Å². The lowest BCUT2D eigenvalue weighted by molar-refractivity contribution is -0.137. The number of nitrogens with one attached hydrogen (secondary N) is 2. The first-order chi connectivity index (χ1) is 12.5. The van der Waals surface area contributed by atoms with E-state index in [0.29, 0.717) is 24.1 Å². The van der Waals surface area contributed by atoms with Crippen LogP contribution in [0, 0.1) is 0 Å². The number of carbonyl (C=O) groups is 3. The van der Waals surface area contributed by atoms with Gasteiger partial charge in [0, 0.05) is 31.1 Å². The summed E-state index contributed by atoms with van der Waals surface area (Å²) in [6, 6.07) is 14.4. The molecule has 0 atom stereocenters. The summed E-state index contributed by atoms with van der Waals surface area (Å²) in [5.41, 5.74) is 2.99. The molecular weight excluding hydrogens is 332 g/mol. The van der Waals surface area contributed by atoms with E-state index in [0.717, 1.165) is 11.1 Å². The molecule has 3 N–H and O–H groups in total. The van der Waals surface area contributed by atoms with Crippen LogP contribution in [-0.4, -0.2) is 29.9 Å². The minimum atomic E-state index is -0.849. The zero-order valence-electron chi connectivity index (χ0n) is 14.6. The van der Waals surface area contributed by atoms with Gasteiger partial charge in [0.2, 0.25) is 5.91 Å². The van der Waals surface area contributed by atoms with E-state index in [9.17, 15) is 14.4 Å². The molecule has 2 aromatic carbocycles. The summed E-state index contributed by atoms with van der Waals surface area (Å²) in [7, 11) is 1.58. The van der Waals surface area contributed by atoms with Crippen molar-refractivity contribution >= 4 is 23.5 Å². The Morgan fingerprint density at radius 3 is 2.27 bits per heavy atom. The molecule has 0 saturated heterocycles. The number of rotatable bonds is 8. The third-order valence-electron chi connectivity index (χ3n) is 3.90. The van der Waals surface area contributed by atoms with Gasteiger partial charge >= 0.3 is 5.97 Å². The van der Waals surface area contributed by atoms with E-state index in [-0.39, 0.29) is 24.7 Å². The molecule has 0 aliphatic heterocycles. The lowest BCUT2D eigenvalue weighted by Gasteiger charge is -2.08. The quantitative estimate of drug-likeness (QED) is 0.679. The zero-order chi connectivity index (χ0) is 18.9. The molecule has 0 aromatic heterocycles. The van der Waals surface area contributed by atoms with E-state index in [1.807, 2.05) is 12.1 Å². The van der Waals surface area contributed by atoms with Gasteiger partial charge in [-0.25, -0.2) is 0 Å². The van der Waals surface area contributed by atoms with E-state index in [1.54, 1.807) is 43.4 Å². The number of hydrogen-bond acceptors (Lipinski definition) is 3. The Kier molecular flexibility index (Phi) is 6.91. The molecule has 0 heterocycles. The maximum atomic E-state index is 12.2. The number of benzene rings is 2. The van der Waals surface area contributed by atoms with Gasteiger partial charge in [-0.15, -0.1) is 0 Å². The number of carboxylic acid groups (broad SMARTS) is 1. The molecule has 0 aliphatic rings. The minimum Gasteiger partial charge on any atom is -0.481 e. The monoisotopic (exact) mass is 354 g/mol. The van der Waals surface area contributed by atoms with E-state index in [1.165, 1.54) is 0 Å². The predicted molar refractivity (Wildman–Crippen MR) is 99.2 cm³/mol. The fourth-order valence-corrected chi connectivity index (χ4v) is 2.55. The van der Waals surface area contributed by atoms with Crippen LogP contribution in [0.5, 0.6) is 0 Å². The van der Waals surface area contributed by atoms with Crippen LogP contribution in [0.4, 0.5) is 5.69 Å². The van der Waals surface area contributed by atoms with Gasteiger partial charge < -0.3 is 15.7 Å². The number of carboxylic acids is 1. The molecule has 0 fully saturated rings. The van der Waals surface area contributed by atoms with E-state index in [4.69, 9.17) is 5.11 Å². The topological polar surface area (TPSA) is 95.5 Å². The Bertz CT molecular complexity index is 802. The molecule has 6 nitrogen and oxygen atoms in total. The van der Waals surface area contributed by atoms with Gasteiger partial charge in [-0.05, 0) is 48.2 Å². The third kappa shape index (κ3) is 6.05. The van der Waals surface area contributed by atoms with E-state index in [2.05, 4.69) is 10.6 Å². The highest BCUT2D eigenvalue weighted by Crippen LogP contribution is 2.14.